The number of aliphatic hydroxyl groups excluding tert-OH is 1. The molecule has 9 nitrogen and oxygen atoms in total. The van der Waals surface area contributed by atoms with Crippen molar-refractivity contribution in [2.75, 3.05) is 60.8 Å². The van der Waals surface area contributed by atoms with Crippen LogP contribution < -0.4 is 4.74 Å². The van der Waals surface area contributed by atoms with Gasteiger partial charge in [-0.1, -0.05) is 0 Å². The molecule has 1 aromatic heterocycles. The van der Waals surface area contributed by atoms with Gasteiger partial charge in [-0.15, -0.1) is 0 Å². The van der Waals surface area contributed by atoms with E-state index < -0.39 is 11.5 Å². The van der Waals surface area contributed by atoms with Gasteiger partial charge in [0.05, 0.1) is 30.7 Å². The van der Waals surface area contributed by atoms with Crippen LogP contribution in [0.3, 0.4) is 0 Å². The third-order valence-electron chi connectivity index (χ3n) is 6.52. The SMILES string of the molecule is COCC(=O)N1CC2(C1)CN(C(=O)COC)[C@@H](CO)c1c2c2ccc(OC)cc2n1C. The van der Waals surface area contributed by atoms with Gasteiger partial charge in [-0.3, -0.25) is 9.59 Å². The lowest BCUT2D eigenvalue weighted by molar-refractivity contribution is -0.149. The van der Waals surface area contributed by atoms with Gasteiger partial charge in [-0.05, 0) is 17.7 Å². The molecule has 1 N–H and O–H groups in total. The van der Waals surface area contributed by atoms with E-state index in [-0.39, 0.29) is 31.6 Å². The predicted octanol–water partition coefficient (Wildman–Crippen LogP) is 0.435. The fourth-order valence-electron chi connectivity index (χ4n) is 5.16. The van der Waals surface area contributed by atoms with Gasteiger partial charge in [0.2, 0.25) is 11.8 Å². The summed E-state index contributed by atoms with van der Waals surface area (Å²) in [5, 5.41) is 11.3. The van der Waals surface area contributed by atoms with E-state index in [0.29, 0.717) is 19.6 Å². The Balaban J connectivity index is 1.86. The van der Waals surface area contributed by atoms with Crippen LogP contribution in [0.15, 0.2) is 18.2 Å². The van der Waals surface area contributed by atoms with Gasteiger partial charge in [-0.25, -0.2) is 0 Å². The number of amides is 2. The van der Waals surface area contributed by atoms with E-state index >= 15 is 0 Å². The first kappa shape index (κ1) is 21.6. The van der Waals surface area contributed by atoms with E-state index in [1.54, 1.807) is 16.9 Å². The molecule has 0 saturated carbocycles. The summed E-state index contributed by atoms with van der Waals surface area (Å²) in [6, 6.07) is 5.41. The Labute approximate surface area is 181 Å². The number of carbonyl (C=O) groups excluding carboxylic acids is 2. The van der Waals surface area contributed by atoms with Gasteiger partial charge in [0.25, 0.3) is 0 Å². The molecule has 0 radical (unpaired) electrons. The normalized spacial score (nSPS) is 19.5. The molecule has 2 aliphatic heterocycles. The summed E-state index contributed by atoms with van der Waals surface area (Å²) in [4.78, 5) is 28.8. The number of carbonyl (C=O) groups is 2. The molecular weight excluding hydrogens is 402 g/mol. The first-order chi connectivity index (χ1) is 14.9. The van der Waals surface area contributed by atoms with Crippen LogP contribution in [0.25, 0.3) is 10.9 Å². The number of methoxy groups -OCH3 is 3. The van der Waals surface area contributed by atoms with Crippen LogP contribution in [-0.2, 0) is 31.5 Å². The minimum atomic E-state index is -0.490. The lowest BCUT2D eigenvalue weighted by Crippen LogP contribution is -2.68. The van der Waals surface area contributed by atoms with Crippen molar-refractivity contribution in [1.29, 1.82) is 0 Å². The van der Waals surface area contributed by atoms with Gasteiger partial charge in [0, 0.05) is 58.0 Å². The van der Waals surface area contributed by atoms with Gasteiger partial charge in [-0.2, -0.15) is 0 Å². The third kappa shape index (κ3) is 3.28. The standard InChI is InChI=1S/C22H29N3O6/c1-23-16-7-14(31-4)5-6-15(16)20-21(23)17(8-26)25(19(28)10-30-3)13-22(20)11-24(12-22)18(27)9-29-2/h5-7,17,26H,8-13H2,1-4H3/t17-/m0/s1. The van der Waals surface area contributed by atoms with Crippen LogP contribution in [0.2, 0.25) is 0 Å². The van der Waals surface area contributed by atoms with E-state index in [1.807, 2.05) is 29.8 Å². The first-order valence-corrected chi connectivity index (χ1v) is 10.2. The number of likely N-dealkylation sites (tertiary alicyclic amines) is 1. The molecule has 0 aliphatic carbocycles. The molecule has 1 saturated heterocycles. The Bertz CT molecular complexity index is 1010. The molecule has 1 fully saturated rings. The average molecular weight is 431 g/mol. The molecule has 9 heteroatoms. The number of aliphatic hydroxyl groups is 1. The molecule has 4 rings (SSSR count). The summed E-state index contributed by atoms with van der Waals surface area (Å²) in [5.74, 6) is 0.476. The quantitative estimate of drug-likeness (QED) is 0.713. The molecule has 2 aliphatic rings. The maximum Gasteiger partial charge on any atom is 0.249 e. The molecule has 2 aromatic rings. The molecule has 1 aromatic carbocycles. The van der Waals surface area contributed by atoms with Crippen LogP contribution in [0.4, 0.5) is 0 Å². The topological polar surface area (TPSA) is 93.5 Å². The van der Waals surface area contributed by atoms with Crippen molar-refractivity contribution in [3.8, 4) is 5.75 Å². The largest absolute Gasteiger partial charge is 0.497 e. The Hall–Kier alpha value is -2.62. The zero-order valence-electron chi connectivity index (χ0n) is 18.4. The summed E-state index contributed by atoms with van der Waals surface area (Å²) < 4.78 is 17.5. The summed E-state index contributed by atoms with van der Waals surface area (Å²) >= 11 is 0. The van der Waals surface area contributed by atoms with Crippen molar-refractivity contribution in [3.05, 3.63) is 29.5 Å². The highest BCUT2D eigenvalue weighted by Gasteiger charge is 2.55. The van der Waals surface area contributed by atoms with Crippen molar-refractivity contribution in [2.45, 2.75) is 11.5 Å². The highest BCUT2D eigenvalue weighted by Crippen LogP contribution is 2.49. The molecule has 0 unspecified atom stereocenters. The number of aromatic nitrogens is 1. The molecule has 1 spiro atoms. The number of hydrogen-bond acceptors (Lipinski definition) is 6. The maximum absolute atomic E-state index is 12.9. The number of ether oxygens (including phenoxy) is 3. The number of aryl methyl sites for hydroxylation is 1. The maximum atomic E-state index is 12.9. The second-order valence-electron chi connectivity index (χ2n) is 8.32. The highest BCUT2D eigenvalue weighted by atomic mass is 16.5. The number of hydrogen-bond donors (Lipinski definition) is 1. The summed E-state index contributed by atoms with van der Waals surface area (Å²) in [5.41, 5.74) is 2.53. The Morgan fingerprint density at radius 2 is 1.77 bits per heavy atom. The molecule has 0 bridgehead atoms. The van der Waals surface area contributed by atoms with Crippen LogP contribution >= 0.6 is 0 Å². The Kier molecular flexibility index (Phi) is 5.67. The van der Waals surface area contributed by atoms with Gasteiger partial charge < -0.3 is 33.7 Å². The minimum Gasteiger partial charge on any atom is -0.497 e. The number of benzene rings is 1. The monoisotopic (exact) mass is 431 g/mol. The zero-order chi connectivity index (χ0) is 22.3. The van der Waals surface area contributed by atoms with Crippen LogP contribution in [0.5, 0.6) is 5.75 Å². The highest BCUT2D eigenvalue weighted by molar-refractivity contribution is 5.91. The number of rotatable bonds is 6. The first-order valence-electron chi connectivity index (χ1n) is 10.2. The van der Waals surface area contributed by atoms with Crippen LogP contribution in [0.1, 0.15) is 17.3 Å². The lowest BCUT2D eigenvalue weighted by atomic mass is 9.68. The molecular formula is C22H29N3O6. The van der Waals surface area contributed by atoms with E-state index in [9.17, 15) is 14.7 Å². The van der Waals surface area contributed by atoms with Gasteiger partial charge in [0.15, 0.2) is 0 Å². The molecule has 168 valence electrons. The molecule has 1 atom stereocenters. The predicted molar refractivity (Wildman–Crippen MR) is 113 cm³/mol. The minimum absolute atomic E-state index is 0.0290. The number of fused-ring (bicyclic) bond motifs is 4. The summed E-state index contributed by atoms with van der Waals surface area (Å²) in [6.07, 6.45) is 0. The van der Waals surface area contributed by atoms with E-state index in [2.05, 4.69) is 0 Å². The lowest BCUT2D eigenvalue weighted by Gasteiger charge is -2.56. The zero-order valence-corrected chi connectivity index (χ0v) is 18.4. The number of nitrogens with zero attached hydrogens (tertiary/aromatic N) is 3. The summed E-state index contributed by atoms with van der Waals surface area (Å²) in [6.45, 7) is 1.15. The Morgan fingerprint density at radius 3 is 2.39 bits per heavy atom. The molecule has 31 heavy (non-hydrogen) atoms. The fraction of sp³-hybridized carbons (Fsp3) is 0.545. The second-order valence-corrected chi connectivity index (χ2v) is 8.32. The van der Waals surface area contributed by atoms with Crippen LogP contribution in [-0.4, -0.2) is 92.1 Å². The summed E-state index contributed by atoms with van der Waals surface area (Å²) in [7, 11) is 6.54. The fourth-order valence-corrected chi connectivity index (χ4v) is 5.16. The molecule has 3 heterocycles. The van der Waals surface area contributed by atoms with E-state index in [0.717, 1.165) is 27.9 Å². The van der Waals surface area contributed by atoms with Gasteiger partial charge >= 0.3 is 0 Å². The smallest absolute Gasteiger partial charge is 0.249 e. The van der Waals surface area contributed by atoms with Crippen molar-refractivity contribution >= 4 is 22.7 Å². The molecule has 2 amide bonds. The van der Waals surface area contributed by atoms with E-state index in [4.69, 9.17) is 14.2 Å². The van der Waals surface area contributed by atoms with E-state index in [1.165, 1.54) is 14.2 Å². The van der Waals surface area contributed by atoms with Crippen molar-refractivity contribution in [3.63, 3.8) is 0 Å². The second kappa shape index (κ2) is 8.14. The van der Waals surface area contributed by atoms with Gasteiger partial charge in [0.1, 0.15) is 19.0 Å². The van der Waals surface area contributed by atoms with Crippen molar-refractivity contribution < 1.29 is 28.9 Å². The van der Waals surface area contributed by atoms with Crippen molar-refractivity contribution in [2.24, 2.45) is 7.05 Å². The third-order valence-corrected chi connectivity index (χ3v) is 6.52. The van der Waals surface area contributed by atoms with Crippen molar-refractivity contribution in [1.82, 2.24) is 14.4 Å². The Morgan fingerprint density at radius 1 is 1.10 bits per heavy atom. The van der Waals surface area contributed by atoms with Crippen LogP contribution in [0, 0.1) is 0 Å². The average Bonchev–Trinajstić information content (AvgIpc) is 3.03.